The molecule has 0 aliphatic carbocycles. The topological polar surface area (TPSA) is 32.8 Å². The van der Waals surface area contributed by atoms with Crippen molar-refractivity contribution in [2.45, 2.75) is 13.3 Å². The minimum absolute atomic E-state index is 0.0313. The molecule has 3 rings (SSSR count). The van der Waals surface area contributed by atoms with Gasteiger partial charge in [0, 0.05) is 32.7 Å². The lowest BCUT2D eigenvalue weighted by Gasteiger charge is -2.34. The first-order valence-corrected chi connectivity index (χ1v) is 9.04. The van der Waals surface area contributed by atoms with E-state index in [2.05, 4.69) is 4.90 Å². The Labute approximate surface area is 154 Å². The Bertz CT molecular complexity index is 708. The van der Waals surface area contributed by atoms with Gasteiger partial charge in [0.05, 0.1) is 0 Å². The highest BCUT2D eigenvalue weighted by Gasteiger charge is 2.21. The van der Waals surface area contributed by atoms with Crippen molar-refractivity contribution >= 4 is 5.91 Å². The zero-order chi connectivity index (χ0) is 18.4. The van der Waals surface area contributed by atoms with Gasteiger partial charge in [0.1, 0.15) is 11.6 Å². The summed E-state index contributed by atoms with van der Waals surface area (Å²) in [5, 5.41) is 0. The van der Waals surface area contributed by atoms with Crippen molar-refractivity contribution in [3.8, 4) is 5.75 Å². The summed E-state index contributed by atoms with van der Waals surface area (Å²) in [6.45, 7) is 6.19. The van der Waals surface area contributed by atoms with Gasteiger partial charge in [0.15, 0.2) is 6.61 Å². The molecule has 0 bridgehead atoms. The molecule has 1 aliphatic rings. The van der Waals surface area contributed by atoms with Crippen LogP contribution in [0, 0.1) is 12.7 Å². The van der Waals surface area contributed by atoms with Crippen LogP contribution in [0.2, 0.25) is 0 Å². The van der Waals surface area contributed by atoms with Gasteiger partial charge >= 0.3 is 0 Å². The summed E-state index contributed by atoms with van der Waals surface area (Å²) in [4.78, 5) is 16.5. The molecule has 1 fully saturated rings. The molecule has 4 nitrogen and oxygen atoms in total. The fourth-order valence-electron chi connectivity index (χ4n) is 3.03. The third-order valence-electron chi connectivity index (χ3n) is 4.74. The van der Waals surface area contributed by atoms with E-state index in [0.29, 0.717) is 0 Å². The zero-order valence-electron chi connectivity index (χ0n) is 15.2. The summed E-state index contributed by atoms with van der Waals surface area (Å²) >= 11 is 0. The van der Waals surface area contributed by atoms with Crippen LogP contribution in [0.25, 0.3) is 0 Å². The SMILES string of the molecule is Cc1ccc(OCC(=O)N2CCN(CCc3ccc(F)cc3)CC2)cc1. The highest BCUT2D eigenvalue weighted by Crippen LogP contribution is 2.12. The summed E-state index contributed by atoms with van der Waals surface area (Å²) in [6.07, 6.45) is 0.894. The standard InChI is InChI=1S/C21H25FN2O2/c1-17-2-8-20(9-3-17)26-16-21(25)24-14-12-23(13-15-24)11-10-18-4-6-19(22)7-5-18/h2-9H,10-16H2,1H3. The number of hydrogen-bond acceptors (Lipinski definition) is 3. The second-order valence-electron chi connectivity index (χ2n) is 6.70. The van der Waals surface area contributed by atoms with E-state index < -0.39 is 0 Å². The van der Waals surface area contributed by atoms with Crippen LogP contribution in [0.15, 0.2) is 48.5 Å². The first kappa shape index (κ1) is 18.4. The van der Waals surface area contributed by atoms with Gasteiger partial charge in [-0.2, -0.15) is 0 Å². The molecule has 0 N–H and O–H groups in total. The van der Waals surface area contributed by atoms with Crippen molar-refractivity contribution in [3.63, 3.8) is 0 Å². The maximum atomic E-state index is 12.9. The number of rotatable bonds is 6. The Kier molecular flexibility index (Phi) is 6.23. The second kappa shape index (κ2) is 8.81. The molecule has 26 heavy (non-hydrogen) atoms. The highest BCUT2D eigenvalue weighted by molar-refractivity contribution is 5.77. The maximum Gasteiger partial charge on any atom is 0.260 e. The number of piperazine rings is 1. The molecule has 1 heterocycles. The molecule has 0 spiro atoms. The first-order valence-electron chi connectivity index (χ1n) is 9.04. The first-order chi connectivity index (χ1) is 12.6. The average molecular weight is 356 g/mol. The number of ether oxygens (including phenoxy) is 1. The van der Waals surface area contributed by atoms with E-state index in [4.69, 9.17) is 4.74 Å². The fourth-order valence-corrected chi connectivity index (χ4v) is 3.03. The van der Waals surface area contributed by atoms with E-state index in [1.807, 2.05) is 48.2 Å². The number of aryl methyl sites for hydroxylation is 1. The lowest BCUT2D eigenvalue weighted by Crippen LogP contribution is -2.50. The summed E-state index contributed by atoms with van der Waals surface area (Å²) in [5.74, 6) is 0.555. The predicted octanol–water partition coefficient (Wildman–Crippen LogP) is 2.90. The maximum absolute atomic E-state index is 12.9. The quantitative estimate of drug-likeness (QED) is 0.798. The minimum atomic E-state index is -0.200. The molecular formula is C21H25FN2O2. The van der Waals surface area contributed by atoms with Crippen molar-refractivity contribution < 1.29 is 13.9 Å². The number of carbonyl (C=O) groups excluding carboxylic acids is 1. The van der Waals surface area contributed by atoms with Gasteiger partial charge in [-0.15, -0.1) is 0 Å². The van der Waals surface area contributed by atoms with E-state index in [1.54, 1.807) is 0 Å². The Hall–Kier alpha value is -2.40. The van der Waals surface area contributed by atoms with Gasteiger partial charge < -0.3 is 9.64 Å². The van der Waals surface area contributed by atoms with Crippen molar-refractivity contribution in [2.75, 3.05) is 39.3 Å². The van der Waals surface area contributed by atoms with E-state index in [1.165, 1.54) is 17.7 Å². The summed E-state index contributed by atoms with van der Waals surface area (Å²) in [7, 11) is 0. The molecule has 0 atom stereocenters. The normalized spacial score (nSPS) is 15.1. The van der Waals surface area contributed by atoms with E-state index in [0.717, 1.165) is 50.5 Å². The van der Waals surface area contributed by atoms with Gasteiger partial charge in [0.25, 0.3) is 5.91 Å². The molecule has 1 aliphatic heterocycles. The molecule has 2 aromatic carbocycles. The Morgan fingerprint density at radius 3 is 2.31 bits per heavy atom. The molecule has 0 saturated carbocycles. The molecule has 5 heteroatoms. The fraction of sp³-hybridized carbons (Fsp3) is 0.381. The number of benzene rings is 2. The summed E-state index contributed by atoms with van der Waals surface area (Å²) in [5.41, 5.74) is 2.30. The third-order valence-corrected chi connectivity index (χ3v) is 4.74. The smallest absolute Gasteiger partial charge is 0.260 e. The van der Waals surface area contributed by atoms with Crippen LogP contribution in [0.3, 0.4) is 0 Å². The Morgan fingerprint density at radius 1 is 1.00 bits per heavy atom. The molecule has 138 valence electrons. The number of carbonyl (C=O) groups is 1. The van der Waals surface area contributed by atoms with Crippen LogP contribution >= 0.6 is 0 Å². The molecule has 1 saturated heterocycles. The second-order valence-corrected chi connectivity index (χ2v) is 6.70. The van der Waals surface area contributed by atoms with Gasteiger partial charge in [-0.25, -0.2) is 4.39 Å². The predicted molar refractivity (Wildman–Crippen MR) is 99.8 cm³/mol. The van der Waals surface area contributed by atoms with Crippen LogP contribution in [0.5, 0.6) is 5.75 Å². The lowest BCUT2D eigenvalue weighted by molar-refractivity contribution is -0.135. The van der Waals surface area contributed by atoms with Gasteiger partial charge in [-0.3, -0.25) is 9.69 Å². The van der Waals surface area contributed by atoms with Crippen molar-refractivity contribution in [2.24, 2.45) is 0 Å². The van der Waals surface area contributed by atoms with E-state index >= 15 is 0 Å². The number of halogens is 1. The molecular weight excluding hydrogens is 331 g/mol. The summed E-state index contributed by atoms with van der Waals surface area (Å²) < 4.78 is 18.5. The van der Waals surface area contributed by atoms with Gasteiger partial charge in [0.2, 0.25) is 0 Å². The van der Waals surface area contributed by atoms with Crippen molar-refractivity contribution in [3.05, 3.63) is 65.5 Å². The van der Waals surface area contributed by atoms with Crippen molar-refractivity contribution in [1.29, 1.82) is 0 Å². The zero-order valence-corrected chi connectivity index (χ0v) is 15.2. The van der Waals surface area contributed by atoms with E-state index in [-0.39, 0.29) is 18.3 Å². The molecule has 0 radical (unpaired) electrons. The van der Waals surface area contributed by atoms with E-state index in [9.17, 15) is 9.18 Å². The van der Waals surface area contributed by atoms with Crippen LogP contribution in [-0.4, -0.2) is 55.0 Å². The van der Waals surface area contributed by atoms with Crippen LogP contribution in [0.4, 0.5) is 4.39 Å². The van der Waals surface area contributed by atoms with Gasteiger partial charge in [-0.1, -0.05) is 29.8 Å². The van der Waals surface area contributed by atoms with Crippen LogP contribution in [-0.2, 0) is 11.2 Å². The Morgan fingerprint density at radius 2 is 1.65 bits per heavy atom. The van der Waals surface area contributed by atoms with Crippen molar-refractivity contribution in [1.82, 2.24) is 9.80 Å². The largest absolute Gasteiger partial charge is 0.484 e. The van der Waals surface area contributed by atoms with Crippen LogP contribution in [0.1, 0.15) is 11.1 Å². The van der Waals surface area contributed by atoms with Gasteiger partial charge in [-0.05, 0) is 43.2 Å². The van der Waals surface area contributed by atoms with Crippen LogP contribution < -0.4 is 4.74 Å². The average Bonchev–Trinajstić information content (AvgIpc) is 2.67. The number of nitrogens with zero attached hydrogens (tertiary/aromatic N) is 2. The monoisotopic (exact) mass is 356 g/mol. The molecule has 1 amide bonds. The molecule has 0 unspecified atom stereocenters. The minimum Gasteiger partial charge on any atom is -0.484 e. The summed E-state index contributed by atoms with van der Waals surface area (Å²) in [6, 6.07) is 14.4. The third kappa shape index (κ3) is 5.30. The highest BCUT2D eigenvalue weighted by atomic mass is 19.1. The Balaban J connectivity index is 1.38. The lowest BCUT2D eigenvalue weighted by atomic mass is 10.1. The molecule has 0 aromatic heterocycles. The number of amides is 1. The number of hydrogen-bond donors (Lipinski definition) is 0. The molecule has 2 aromatic rings.